The third kappa shape index (κ3) is 12.2. The topological polar surface area (TPSA) is 104 Å². The van der Waals surface area contributed by atoms with Crippen molar-refractivity contribution in [3.63, 3.8) is 0 Å². The Labute approximate surface area is 198 Å². The quantitative estimate of drug-likeness (QED) is 0.130. The monoisotopic (exact) mass is 465 g/mol. The first-order valence-electron chi connectivity index (χ1n) is 12.6. The van der Waals surface area contributed by atoms with Crippen LogP contribution >= 0.6 is 0 Å². The second-order valence-corrected chi connectivity index (χ2v) is 8.64. The molecule has 1 aliphatic rings. The molecule has 0 aromatic carbocycles. The number of carbonyl (C=O) groups is 3. The minimum Gasteiger partial charge on any atom is -0.463 e. The first-order chi connectivity index (χ1) is 16.0. The fourth-order valence-corrected chi connectivity index (χ4v) is 4.11. The minimum atomic E-state index is -0.313. The van der Waals surface area contributed by atoms with Gasteiger partial charge in [0, 0.05) is 12.8 Å². The molecule has 1 saturated heterocycles. The average Bonchev–Trinajstić information content (AvgIpc) is 3.08. The van der Waals surface area contributed by atoms with E-state index in [0.717, 1.165) is 64.2 Å². The van der Waals surface area contributed by atoms with E-state index in [2.05, 4.69) is 19.1 Å². The van der Waals surface area contributed by atoms with Crippen molar-refractivity contribution < 1.29 is 29.3 Å². The van der Waals surface area contributed by atoms with Crippen molar-refractivity contribution in [2.24, 2.45) is 11.8 Å². The summed E-state index contributed by atoms with van der Waals surface area (Å²) in [4.78, 5) is 37.3. The van der Waals surface area contributed by atoms with Crippen molar-refractivity contribution in [3.8, 4) is 0 Å². The van der Waals surface area contributed by atoms with Crippen LogP contribution in [0.5, 0.6) is 0 Å². The summed E-state index contributed by atoms with van der Waals surface area (Å²) in [6.07, 6.45) is 19.1. The van der Waals surface area contributed by atoms with Crippen molar-refractivity contribution in [2.45, 2.75) is 84.0 Å². The number of β-amino-alcohol motifs (C(OH)–C–C–N with tert-alkyl or cyclic N) is 1. The van der Waals surface area contributed by atoms with Crippen LogP contribution in [0.3, 0.4) is 0 Å². The van der Waals surface area contributed by atoms with Gasteiger partial charge in [-0.2, -0.15) is 0 Å². The summed E-state index contributed by atoms with van der Waals surface area (Å²) < 4.78 is 4.83. The first kappa shape index (κ1) is 29.0. The lowest BCUT2D eigenvalue weighted by atomic mass is 9.86. The normalized spacial score (nSPS) is 17.5. The van der Waals surface area contributed by atoms with Crippen LogP contribution in [0.15, 0.2) is 24.3 Å². The Morgan fingerprint density at radius 3 is 2.55 bits per heavy atom. The zero-order valence-corrected chi connectivity index (χ0v) is 20.3. The van der Waals surface area contributed by atoms with E-state index in [0.29, 0.717) is 6.42 Å². The zero-order chi connectivity index (χ0) is 24.3. The Kier molecular flexibility index (Phi) is 16.2. The summed E-state index contributed by atoms with van der Waals surface area (Å²) in [6.45, 7) is 1.99. The lowest BCUT2D eigenvalue weighted by molar-refractivity contribution is -0.145. The first-order valence-corrected chi connectivity index (χ1v) is 12.6. The Balaban J connectivity index is 2.33. The second kappa shape index (κ2) is 18.4. The van der Waals surface area contributed by atoms with E-state index in [1.165, 1.54) is 4.90 Å². The molecule has 1 aliphatic heterocycles. The van der Waals surface area contributed by atoms with E-state index >= 15 is 0 Å². The molecule has 2 atom stereocenters. The highest BCUT2D eigenvalue weighted by Crippen LogP contribution is 2.31. The number of carbonyl (C=O) groups excluding carboxylic acids is 3. The number of esters is 1. The number of allylic oxidation sites excluding steroid dienone is 4. The van der Waals surface area contributed by atoms with Gasteiger partial charge in [0.15, 0.2) is 0 Å². The molecule has 0 saturated carbocycles. The molecule has 0 bridgehead atoms. The van der Waals surface area contributed by atoms with Gasteiger partial charge >= 0.3 is 5.97 Å². The molecule has 33 heavy (non-hydrogen) atoms. The Morgan fingerprint density at radius 2 is 1.82 bits per heavy atom. The number of hydrogen-bond acceptors (Lipinski definition) is 6. The van der Waals surface area contributed by atoms with Gasteiger partial charge in [0.2, 0.25) is 11.8 Å². The van der Waals surface area contributed by atoms with Gasteiger partial charge in [-0.1, -0.05) is 69.8 Å². The van der Waals surface area contributed by atoms with E-state index in [-0.39, 0.29) is 62.4 Å². The lowest BCUT2D eigenvalue weighted by Gasteiger charge is -2.19. The van der Waals surface area contributed by atoms with Crippen LogP contribution in [0.25, 0.3) is 0 Å². The summed E-state index contributed by atoms with van der Waals surface area (Å²) >= 11 is 0. The van der Waals surface area contributed by atoms with Crippen LogP contribution < -0.4 is 0 Å². The van der Waals surface area contributed by atoms with Crippen LogP contribution in [-0.2, 0) is 19.1 Å². The predicted molar refractivity (Wildman–Crippen MR) is 128 cm³/mol. The van der Waals surface area contributed by atoms with Gasteiger partial charge in [-0.25, -0.2) is 0 Å². The van der Waals surface area contributed by atoms with Gasteiger partial charge in [-0.3, -0.25) is 19.3 Å². The number of unbranched alkanes of at least 4 members (excludes halogenated alkanes) is 7. The van der Waals surface area contributed by atoms with Gasteiger partial charge in [-0.05, 0) is 31.6 Å². The standard InChI is InChI=1S/C26H43NO6/c1-2-3-11-14-22(23-21-24(30)27(17-18-28)26(23)32)15-12-9-7-5-4-6-8-10-13-16-25(31)33-20-19-29/h7,9,12,15,22-23,28-29H,2-6,8,10-11,13-14,16-21H2,1H3/b9-7+,15-12+. The van der Waals surface area contributed by atoms with Crippen molar-refractivity contribution in [1.29, 1.82) is 0 Å². The van der Waals surface area contributed by atoms with Crippen LogP contribution in [0, 0.1) is 11.8 Å². The van der Waals surface area contributed by atoms with Gasteiger partial charge in [-0.15, -0.1) is 0 Å². The second-order valence-electron chi connectivity index (χ2n) is 8.64. The molecule has 1 fully saturated rings. The van der Waals surface area contributed by atoms with Crippen LogP contribution in [0.4, 0.5) is 0 Å². The van der Waals surface area contributed by atoms with E-state index < -0.39 is 0 Å². The molecule has 188 valence electrons. The van der Waals surface area contributed by atoms with E-state index in [1.54, 1.807) is 0 Å². The number of rotatable bonds is 19. The maximum absolute atomic E-state index is 12.7. The molecular formula is C26H43NO6. The largest absolute Gasteiger partial charge is 0.463 e. The number of amides is 2. The Bertz CT molecular complexity index is 630. The average molecular weight is 466 g/mol. The Morgan fingerprint density at radius 1 is 1.06 bits per heavy atom. The number of aliphatic hydroxyl groups is 2. The minimum absolute atomic E-state index is 0.0467. The number of nitrogens with zero attached hydrogens (tertiary/aromatic N) is 1. The summed E-state index contributed by atoms with van der Waals surface area (Å²) in [7, 11) is 0. The van der Waals surface area contributed by atoms with E-state index in [4.69, 9.17) is 14.9 Å². The number of likely N-dealkylation sites (tertiary alicyclic amines) is 1. The fraction of sp³-hybridized carbons (Fsp3) is 0.731. The molecule has 0 aromatic rings. The molecule has 7 nitrogen and oxygen atoms in total. The highest BCUT2D eigenvalue weighted by Gasteiger charge is 2.41. The predicted octanol–water partition coefficient (Wildman–Crippen LogP) is 3.93. The van der Waals surface area contributed by atoms with Crippen LogP contribution in [0.2, 0.25) is 0 Å². The van der Waals surface area contributed by atoms with Crippen LogP contribution in [0.1, 0.15) is 84.0 Å². The van der Waals surface area contributed by atoms with Crippen molar-refractivity contribution in [3.05, 3.63) is 24.3 Å². The molecule has 0 radical (unpaired) electrons. The Hall–Kier alpha value is -1.99. The highest BCUT2D eigenvalue weighted by molar-refractivity contribution is 6.03. The fourth-order valence-electron chi connectivity index (χ4n) is 4.11. The molecule has 0 spiro atoms. The summed E-state index contributed by atoms with van der Waals surface area (Å²) in [5.74, 6) is -0.829. The van der Waals surface area contributed by atoms with E-state index in [9.17, 15) is 14.4 Å². The molecule has 1 heterocycles. The smallest absolute Gasteiger partial charge is 0.305 e. The number of hydrogen-bond donors (Lipinski definition) is 2. The van der Waals surface area contributed by atoms with E-state index in [1.807, 2.05) is 12.2 Å². The SMILES string of the molecule is CCCCCC(/C=C/C=C/CCCCCCCC(=O)OCCO)C1CC(=O)N(CCO)C1=O. The lowest BCUT2D eigenvalue weighted by Crippen LogP contribution is -2.34. The van der Waals surface area contributed by atoms with Crippen molar-refractivity contribution in [2.75, 3.05) is 26.4 Å². The summed E-state index contributed by atoms with van der Waals surface area (Å²) in [5.41, 5.74) is 0. The molecule has 2 unspecified atom stereocenters. The van der Waals surface area contributed by atoms with Gasteiger partial charge < -0.3 is 14.9 Å². The summed E-state index contributed by atoms with van der Waals surface area (Å²) in [5, 5.41) is 17.7. The highest BCUT2D eigenvalue weighted by atomic mass is 16.5. The molecule has 0 aliphatic carbocycles. The molecule has 1 rings (SSSR count). The molecular weight excluding hydrogens is 422 g/mol. The van der Waals surface area contributed by atoms with Gasteiger partial charge in [0.1, 0.15) is 6.61 Å². The van der Waals surface area contributed by atoms with Gasteiger partial charge in [0.25, 0.3) is 0 Å². The molecule has 7 heteroatoms. The number of imide groups is 1. The molecule has 2 N–H and O–H groups in total. The third-order valence-corrected chi connectivity index (χ3v) is 5.97. The summed E-state index contributed by atoms with van der Waals surface area (Å²) in [6, 6.07) is 0. The zero-order valence-electron chi connectivity index (χ0n) is 20.3. The maximum Gasteiger partial charge on any atom is 0.305 e. The maximum atomic E-state index is 12.7. The van der Waals surface area contributed by atoms with Crippen LogP contribution in [-0.4, -0.2) is 59.3 Å². The van der Waals surface area contributed by atoms with Crippen molar-refractivity contribution in [1.82, 2.24) is 4.90 Å². The third-order valence-electron chi connectivity index (χ3n) is 5.97. The molecule has 2 amide bonds. The number of aliphatic hydroxyl groups excluding tert-OH is 2. The number of ether oxygens (including phenoxy) is 1. The molecule has 0 aromatic heterocycles. The van der Waals surface area contributed by atoms with Gasteiger partial charge in [0.05, 0.1) is 25.7 Å². The van der Waals surface area contributed by atoms with Crippen molar-refractivity contribution >= 4 is 17.8 Å².